The lowest BCUT2D eigenvalue weighted by molar-refractivity contribution is 0.0934. The largest absolute Gasteiger partial charge is 0.490 e. The van der Waals surface area contributed by atoms with Crippen molar-refractivity contribution in [3.05, 3.63) is 94.5 Å². The second-order valence-electron chi connectivity index (χ2n) is 7.32. The van der Waals surface area contributed by atoms with Crippen LogP contribution in [0.2, 0.25) is 5.02 Å². The molecule has 1 atom stereocenters. The second-order valence-corrected chi connectivity index (χ2v) is 7.75. The normalized spacial score (nSPS) is 13.9. The third-order valence-corrected chi connectivity index (χ3v) is 5.37. The van der Waals surface area contributed by atoms with Gasteiger partial charge >= 0.3 is 0 Å². The third kappa shape index (κ3) is 5.14. The fourth-order valence-electron chi connectivity index (χ4n) is 3.55. The highest BCUT2D eigenvalue weighted by Crippen LogP contribution is 2.33. The van der Waals surface area contributed by atoms with Crippen molar-refractivity contribution < 1.29 is 14.3 Å². The lowest BCUT2D eigenvalue weighted by atomic mass is 9.98. The molecule has 3 aromatic rings. The van der Waals surface area contributed by atoms with E-state index in [1.54, 1.807) is 24.3 Å². The van der Waals surface area contributed by atoms with Crippen LogP contribution in [-0.4, -0.2) is 19.1 Å². The molecule has 1 aliphatic rings. The minimum atomic E-state index is -0.172. The molecular weight excluding hydrogens is 398 g/mol. The number of fused-ring (bicyclic) bond motifs is 1. The maximum absolute atomic E-state index is 12.9. The van der Waals surface area contributed by atoms with E-state index in [1.807, 2.05) is 36.4 Å². The first-order valence-corrected chi connectivity index (χ1v) is 10.6. The van der Waals surface area contributed by atoms with Gasteiger partial charge in [0, 0.05) is 17.0 Å². The molecule has 0 spiro atoms. The molecule has 1 unspecified atom stereocenters. The summed E-state index contributed by atoms with van der Waals surface area (Å²) >= 11 is 6.07. The van der Waals surface area contributed by atoms with Gasteiger partial charge in [0.05, 0.1) is 19.3 Å². The van der Waals surface area contributed by atoms with Gasteiger partial charge in [0.15, 0.2) is 11.5 Å². The quantitative estimate of drug-likeness (QED) is 0.563. The zero-order valence-corrected chi connectivity index (χ0v) is 17.4. The highest BCUT2D eigenvalue weighted by Gasteiger charge is 2.19. The predicted octanol–water partition coefficient (Wildman–Crippen LogP) is 5.61. The summed E-state index contributed by atoms with van der Waals surface area (Å²) in [6.45, 7) is 1.27. The lowest BCUT2D eigenvalue weighted by Gasteiger charge is -2.21. The molecule has 1 amide bonds. The molecule has 0 aromatic heterocycles. The smallest absolute Gasteiger partial charge is 0.251 e. The number of ether oxygens (including phenoxy) is 2. The van der Waals surface area contributed by atoms with Crippen LogP contribution >= 0.6 is 11.6 Å². The monoisotopic (exact) mass is 421 g/mol. The number of carbonyl (C=O) groups is 1. The van der Waals surface area contributed by atoms with Crippen molar-refractivity contribution in [1.82, 2.24) is 5.32 Å². The molecule has 30 heavy (non-hydrogen) atoms. The van der Waals surface area contributed by atoms with Gasteiger partial charge in [0.2, 0.25) is 0 Å². The number of nitrogens with one attached hydrogen (secondary N) is 1. The van der Waals surface area contributed by atoms with E-state index in [-0.39, 0.29) is 11.9 Å². The van der Waals surface area contributed by atoms with E-state index in [4.69, 9.17) is 21.1 Å². The average Bonchev–Trinajstić information content (AvgIpc) is 3.02. The van der Waals surface area contributed by atoms with Crippen LogP contribution in [0.15, 0.2) is 72.8 Å². The molecule has 1 N–H and O–H groups in total. The van der Waals surface area contributed by atoms with E-state index in [0.29, 0.717) is 23.8 Å². The maximum Gasteiger partial charge on any atom is 0.251 e. The zero-order chi connectivity index (χ0) is 20.8. The van der Waals surface area contributed by atoms with Gasteiger partial charge in [0.1, 0.15) is 0 Å². The molecule has 0 saturated heterocycles. The number of benzene rings is 3. The van der Waals surface area contributed by atoms with Crippen molar-refractivity contribution in [3.63, 3.8) is 0 Å². The summed E-state index contributed by atoms with van der Waals surface area (Å²) in [6, 6.07) is 23.0. The topological polar surface area (TPSA) is 47.6 Å². The van der Waals surface area contributed by atoms with Crippen molar-refractivity contribution in [1.29, 1.82) is 0 Å². The van der Waals surface area contributed by atoms with Crippen molar-refractivity contribution >= 4 is 17.5 Å². The van der Waals surface area contributed by atoms with Crippen LogP contribution in [0.3, 0.4) is 0 Å². The van der Waals surface area contributed by atoms with Gasteiger partial charge in [-0.1, -0.05) is 54.1 Å². The third-order valence-electron chi connectivity index (χ3n) is 5.13. The van der Waals surface area contributed by atoms with Crippen LogP contribution in [0.5, 0.6) is 11.5 Å². The molecule has 0 fully saturated rings. The SMILES string of the molecule is O=C(NC(CCc1ccccc1)c1ccc2c(c1)OCCCO2)c1cccc(Cl)c1. The maximum atomic E-state index is 12.9. The van der Waals surface area contributed by atoms with Gasteiger partial charge in [-0.05, 0) is 54.3 Å². The predicted molar refractivity (Wildman–Crippen MR) is 118 cm³/mol. The first-order valence-electron chi connectivity index (χ1n) is 10.2. The molecular formula is C25H24ClNO3. The average molecular weight is 422 g/mol. The van der Waals surface area contributed by atoms with Gasteiger partial charge in [-0.3, -0.25) is 4.79 Å². The van der Waals surface area contributed by atoms with Crippen molar-refractivity contribution in [2.75, 3.05) is 13.2 Å². The summed E-state index contributed by atoms with van der Waals surface area (Å²) in [6.07, 6.45) is 2.46. The fourth-order valence-corrected chi connectivity index (χ4v) is 3.74. The number of amides is 1. The van der Waals surface area contributed by atoms with Crippen LogP contribution in [0.25, 0.3) is 0 Å². The summed E-state index contributed by atoms with van der Waals surface area (Å²) in [4.78, 5) is 12.9. The number of halogens is 1. The summed E-state index contributed by atoms with van der Waals surface area (Å²) in [5.74, 6) is 1.33. The van der Waals surface area contributed by atoms with E-state index in [0.717, 1.165) is 36.3 Å². The Morgan fingerprint density at radius 3 is 2.53 bits per heavy atom. The van der Waals surface area contributed by atoms with E-state index in [9.17, 15) is 4.79 Å². The summed E-state index contributed by atoms with van der Waals surface area (Å²) < 4.78 is 11.6. The number of carbonyl (C=O) groups excluding carboxylic acids is 1. The summed E-state index contributed by atoms with van der Waals surface area (Å²) in [7, 11) is 0. The molecule has 0 saturated carbocycles. The second kappa shape index (κ2) is 9.68. The Hall–Kier alpha value is -2.98. The molecule has 0 radical (unpaired) electrons. The van der Waals surface area contributed by atoms with Gasteiger partial charge in [0.25, 0.3) is 5.91 Å². The molecule has 5 heteroatoms. The Balaban J connectivity index is 1.58. The summed E-state index contributed by atoms with van der Waals surface area (Å²) in [5.41, 5.74) is 2.76. The van der Waals surface area contributed by atoms with Crippen LogP contribution in [-0.2, 0) is 6.42 Å². The standard InChI is InChI=1S/C25H24ClNO3/c26-21-9-4-8-20(16-21)25(28)27-22(12-10-18-6-2-1-3-7-18)19-11-13-23-24(17-19)30-15-5-14-29-23/h1-4,6-9,11,13,16-17,22H,5,10,12,14-15H2,(H,27,28). The van der Waals surface area contributed by atoms with Crippen LogP contribution in [0, 0.1) is 0 Å². The zero-order valence-electron chi connectivity index (χ0n) is 16.6. The first-order chi connectivity index (χ1) is 14.7. The Labute approximate surface area is 181 Å². The van der Waals surface area contributed by atoms with E-state index in [1.165, 1.54) is 5.56 Å². The molecule has 154 valence electrons. The van der Waals surface area contributed by atoms with Gasteiger partial charge in [-0.2, -0.15) is 0 Å². The minimum Gasteiger partial charge on any atom is -0.490 e. The first kappa shape index (κ1) is 20.3. The number of aryl methyl sites for hydroxylation is 1. The number of hydrogen-bond acceptors (Lipinski definition) is 3. The van der Waals surface area contributed by atoms with E-state index in [2.05, 4.69) is 17.4 Å². The van der Waals surface area contributed by atoms with E-state index < -0.39 is 0 Å². The van der Waals surface area contributed by atoms with Gasteiger partial charge in [-0.25, -0.2) is 0 Å². The Bertz CT molecular complexity index is 1010. The van der Waals surface area contributed by atoms with Crippen molar-refractivity contribution in [2.45, 2.75) is 25.3 Å². The van der Waals surface area contributed by atoms with Crippen molar-refractivity contribution in [2.24, 2.45) is 0 Å². The summed E-state index contributed by atoms with van der Waals surface area (Å²) in [5, 5.41) is 3.72. The van der Waals surface area contributed by atoms with Gasteiger partial charge in [-0.15, -0.1) is 0 Å². The molecule has 4 nitrogen and oxygen atoms in total. The fraction of sp³-hybridized carbons (Fsp3) is 0.240. The molecule has 0 bridgehead atoms. The van der Waals surface area contributed by atoms with Crippen LogP contribution in [0.4, 0.5) is 0 Å². The van der Waals surface area contributed by atoms with Crippen LogP contribution in [0.1, 0.15) is 40.4 Å². The Morgan fingerprint density at radius 2 is 1.73 bits per heavy atom. The number of rotatable bonds is 6. The number of hydrogen-bond donors (Lipinski definition) is 1. The Kier molecular flexibility index (Phi) is 6.55. The lowest BCUT2D eigenvalue weighted by Crippen LogP contribution is -2.29. The minimum absolute atomic E-state index is 0.150. The highest BCUT2D eigenvalue weighted by molar-refractivity contribution is 6.30. The van der Waals surface area contributed by atoms with Gasteiger partial charge < -0.3 is 14.8 Å². The molecule has 1 aliphatic heterocycles. The molecule has 4 rings (SSSR count). The van der Waals surface area contributed by atoms with Crippen molar-refractivity contribution in [3.8, 4) is 11.5 Å². The molecule has 3 aromatic carbocycles. The van der Waals surface area contributed by atoms with Crippen LogP contribution < -0.4 is 14.8 Å². The van der Waals surface area contributed by atoms with E-state index >= 15 is 0 Å². The molecule has 0 aliphatic carbocycles. The molecule has 1 heterocycles. The Morgan fingerprint density at radius 1 is 0.933 bits per heavy atom. The highest BCUT2D eigenvalue weighted by atomic mass is 35.5.